The summed E-state index contributed by atoms with van der Waals surface area (Å²) in [6, 6.07) is 17.8. The summed E-state index contributed by atoms with van der Waals surface area (Å²) in [5.74, 6) is -0.760. The van der Waals surface area contributed by atoms with Crippen molar-refractivity contribution in [2.24, 2.45) is 0 Å². The third-order valence-corrected chi connectivity index (χ3v) is 6.02. The Bertz CT molecular complexity index is 1020. The van der Waals surface area contributed by atoms with E-state index in [1.807, 2.05) is 18.2 Å². The Morgan fingerprint density at radius 2 is 1.81 bits per heavy atom. The van der Waals surface area contributed by atoms with E-state index in [1.165, 1.54) is 16.2 Å². The van der Waals surface area contributed by atoms with Crippen LogP contribution in [0.2, 0.25) is 5.02 Å². The average molecular weight is 398 g/mol. The second-order valence-electron chi connectivity index (χ2n) is 6.44. The Morgan fingerprint density at radius 1 is 1.07 bits per heavy atom. The number of benzene rings is 2. The van der Waals surface area contributed by atoms with Gasteiger partial charge < -0.3 is 10.0 Å². The van der Waals surface area contributed by atoms with Crippen LogP contribution in [0.1, 0.15) is 27.2 Å². The van der Waals surface area contributed by atoms with Gasteiger partial charge >= 0.3 is 0 Å². The van der Waals surface area contributed by atoms with Crippen molar-refractivity contribution < 1.29 is 14.7 Å². The van der Waals surface area contributed by atoms with Crippen molar-refractivity contribution >= 4 is 40.3 Å². The van der Waals surface area contributed by atoms with Crippen molar-refractivity contribution in [1.82, 2.24) is 0 Å². The molecule has 3 aromatic rings. The molecule has 1 aliphatic rings. The number of rotatable bonds is 5. The Labute approximate surface area is 165 Å². The predicted molar refractivity (Wildman–Crippen MR) is 106 cm³/mol. The van der Waals surface area contributed by atoms with Gasteiger partial charge in [-0.1, -0.05) is 54.1 Å². The molecule has 1 amide bonds. The van der Waals surface area contributed by atoms with Crippen molar-refractivity contribution in [3.05, 3.63) is 87.1 Å². The number of carbonyl (C=O) groups is 2. The smallest absolute Gasteiger partial charge is 0.264 e. The van der Waals surface area contributed by atoms with Crippen molar-refractivity contribution in [1.29, 1.82) is 0 Å². The summed E-state index contributed by atoms with van der Waals surface area (Å²) in [5.41, 5.74) is -0.0501. The van der Waals surface area contributed by atoms with Crippen LogP contribution in [0, 0.1) is 0 Å². The van der Waals surface area contributed by atoms with Gasteiger partial charge in [0.05, 0.1) is 23.5 Å². The molecule has 4 rings (SSSR count). The van der Waals surface area contributed by atoms with Gasteiger partial charge in [0.25, 0.3) is 5.91 Å². The minimum absolute atomic E-state index is 0.227. The summed E-state index contributed by atoms with van der Waals surface area (Å²) in [7, 11) is 0. The summed E-state index contributed by atoms with van der Waals surface area (Å²) in [4.78, 5) is 27.8. The molecule has 136 valence electrons. The van der Waals surface area contributed by atoms with Crippen LogP contribution in [0.25, 0.3) is 0 Å². The molecule has 1 aliphatic heterocycles. The van der Waals surface area contributed by atoms with E-state index in [2.05, 4.69) is 0 Å². The van der Waals surface area contributed by atoms with Crippen LogP contribution in [0.3, 0.4) is 0 Å². The number of thiophene rings is 1. The molecule has 2 aromatic carbocycles. The van der Waals surface area contributed by atoms with Gasteiger partial charge in [0.2, 0.25) is 0 Å². The first-order valence-electron chi connectivity index (χ1n) is 8.44. The monoisotopic (exact) mass is 397 g/mol. The number of halogens is 1. The van der Waals surface area contributed by atoms with Crippen molar-refractivity contribution in [3.8, 4) is 0 Å². The van der Waals surface area contributed by atoms with Gasteiger partial charge in [-0.2, -0.15) is 0 Å². The largest absolute Gasteiger partial charge is 0.375 e. The molecule has 1 aromatic heterocycles. The van der Waals surface area contributed by atoms with Crippen LogP contribution in [-0.4, -0.2) is 16.8 Å². The van der Waals surface area contributed by atoms with E-state index in [0.717, 1.165) is 5.56 Å². The van der Waals surface area contributed by atoms with E-state index in [4.69, 9.17) is 11.6 Å². The Kier molecular flexibility index (Phi) is 4.60. The number of fused-ring (bicyclic) bond motifs is 1. The molecule has 1 N–H and O–H groups in total. The molecule has 0 saturated heterocycles. The van der Waals surface area contributed by atoms with Crippen molar-refractivity contribution in [2.45, 2.75) is 18.6 Å². The molecule has 0 radical (unpaired) electrons. The number of amides is 1. The lowest BCUT2D eigenvalue weighted by Crippen LogP contribution is -2.41. The molecule has 0 fully saturated rings. The third kappa shape index (κ3) is 3.08. The Balaban J connectivity index is 1.71. The number of anilines is 1. The maximum Gasteiger partial charge on any atom is 0.264 e. The summed E-state index contributed by atoms with van der Waals surface area (Å²) < 4.78 is 0. The van der Waals surface area contributed by atoms with E-state index < -0.39 is 11.5 Å². The molecular weight excluding hydrogens is 382 g/mol. The van der Waals surface area contributed by atoms with Gasteiger partial charge in [0.1, 0.15) is 0 Å². The van der Waals surface area contributed by atoms with Crippen LogP contribution in [0.4, 0.5) is 5.69 Å². The quantitative estimate of drug-likeness (QED) is 0.649. The lowest BCUT2D eigenvalue weighted by molar-refractivity contribution is -0.136. The van der Waals surface area contributed by atoms with E-state index in [0.29, 0.717) is 21.2 Å². The Hall–Kier alpha value is -2.47. The number of nitrogens with zero attached hydrogens (tertiary/aromatic N) is 1. The predicted octanol–water partition coefficient (Wildman–Crippen LogP) is 4.41. The molecule has 0 bridgehead atoms. The zero-order valence-corrected chi connectivity index (χ0v) is 15.8. The standard InChI is InChI=1S/C21H16ClNO3S/c22-16-8-3-1-6-14(16)13-23-17-9-4-2-7-15(17)21(26,20(23)25)12-18(24)19-10-5-11-27-19/h1-11,26H,12-13H2/t21-/m1/s1. The molecule has 0 aliphatic carbocycles. The van der Waals surface area contributed by atoms with E-state index >= 15 is 0 Å². The number of para-hydroxylation sites is 1. The van der Waals surface area contributed by atoms with Gasteiger partial charge in [-0.15, -0.1) is 11.3 Å². The first-order chi connectivity index (χ1) is 13.0. The summed E-state index contributed by atoms with van der Waals surface area (Å²) in [6.07, 6.45) is -0.289. The summed E-state index contributed by atoms with van der Waals surface area (Å²) in [5, 5.41) is 13.6. The highest BCUT2D eigenvalue weighted by molar-refractivity contribution is 7.12. The maximum atomic E-state index is 13.2. The van der Waals surface area contributed by atoms with Gasteiger partial charge in [-0.05, 0) is 29.1 Å². The highest BCUT2D eigenvalue weighted by Crippen LogP contribution is 2.44. The number of hydrogen-bond acceptors (Lipinski definition) is 4. The van der Waals surface area contributed by atoms with Gasteiger partial charge in [-0.3, -0.25) is 9.59 Å². The third-order valence-electron chi connectivity index (χ3n) is 4.74. The molecule has 0 saturated carbocycles. The van der Waals surface area contributed by atoms with E-state index in [1.54, 1.807) is 47.8 Å². The molecule has 2 heterocycles. The van der Waals surface area contributed by atoms with Gasteiger partial charge in [0, 0.05) is 10.6 Å². The fourth-order valence-electron chi connectivity index (χ4n) is 3.39. The molecule has 1 atom stereocenters. The second-order valence-corrected chi connectivity index (χ2v) is 7.79. The zero-order valence-electron chi connectivity index (χ0n) is 14.3. The van der Waals surface area contributed by atoms with Crippen LogP contribution in [0.5, 0.6) is 0 Å². The molecule has 0 spiro atoms. The number of hydrogen-bond donors (Lipinski definition) is 1. The number of aliphatic hydroxyl groups is 1. The SMILES string of the molecule is O=C(C[C@]1(O)C(=O)N(Cc2ccccc2Cl)c2ccccc21)c1cccs1. The van der Waals surface area contributed by atoms with Crippen LogP contribution < -0.4 is 4.90 Å². The first-order valence-corrected chi connectivity index (χ1v) is 9.70. The highest BCUT2D eigenvalue weighted by Gasteiger charge is 2.50. The van der Waals surface area contributed by atoms with Gasteiger partial charge in [0.15, 0.2) is 11.4 Å². The van der Waals surface area contributed by atoms with Crippen LogP contribution >= 0.6 is 22.9 Å². The molecule has 4 nitrogen and oxygen atoms in total. The minimum Gasteiger partial charge on any atom is -0.375 e. The summed E-state index contributed by atoms with van der Waals surface area (Å²) >= 11 is 7.55. The van der Waals surface area contributed by atoms with Crippen LogP contribution in [-0.2, 0) is 16.9 Å². The minimum atomic E-state index is -1.88. The topological polar surface area (TPSA) is 57.6 Å². The lowest BCUT2D eigenvalue weighted by atomic mass is 9.89. The fraction of sp³-hybridized carbons (Fsp3) is 0.143. The zero-order chi connectivity index (χ0) is 19.0. The van der Waals surface area contributed by atoms with Crippen molar-refractivity contribution in [3.63, 3.8) is 0 Å². The van der Waals surface area contributed by atoms with E-state index in [-0.39, 0.29) is 18.7 Å². The van der Waals surface area contributed by atoms with Crippen LogP contribution in [0.15, 0.2) is 66.0 Å². The average Bonchev–Trinajstić information content (AvgIpc) is 3.27. The molecule has 6 heteroatoms. The molecule has 27 heavy (non-hydrogen) atoms. The fourth-order valence-corrected chi connectivity index (χ4v) is 4.25. The molecular formula is C21H16ClNO3S. The second kappa shape index (κ2) is 6.93. The summed E-state index contributed by atoms with van der Waals surface area (Å²) in [6.45, 7) is 0.227. The first kappa shape index (κ1) is 17.9. The van der Waals surface area contributed by atoms with Crippen molar-refractivity contribution in [2.75, 3.05) is 4.90 Å². The normalized spacial score (nSPS) is 18.6. The number of ketones is 1. The lowest BCUT2D eigenvalue weighted by Gasteiger charge is -2.23. The highest BCUT2D eigenvalue weighted by atomic mass is 35.5. The molecule has 0 unspecified atom stereocenters. The van der Waals surface area contributed by atoms with Gasteiger partial charge in [-0.25, -0.2) is 0 Å². The number of carbonyl (C=O) groups excluding carboxylic acids is 2. The Morgan fingerprint density at radius 3 is 2.56 bits per heavy atom. The maximum absolute atomic E-state index is 13.2. The van der Waals surface area contributed by atoms with E-state index in [9.17, 15) is 14.7 Å². The number of Topliss-reactive ketones (excluding diaryl/α,β-unsaturated/α-hetero) is 1.